The van der Waals surface area contributed by atoms with E-state index in [4.69, 9.17) is 18.9 Å². The number of amides is 1. The highest BCUT2D eigenvalue weighted by molar-refractivity contribution is 7.92. The van der Waals surface area contributed by atoms with Gasteiger partial charge in [-0.3, -0.25) is 9.10 Å². The molecule has 0 saturated carbocycles. The highest BCUT2D eigenvalue weighted by atomic mass is 32.2. The van der Waals surface area contributed by atoms with E-state index in [1.807, 2.05) is 31.2 Å². The lowest BCUT2D eigenvalue weighted by atomic mass is 10.1. The van der Waals surface area contributed by atoms with Crippen molar-refractivity contribution in [3.05, 3.63) is 71.8 Å². The van der Waals surface area contributed by atoms with Gasteiger partial charge in [0.25, 0.3) is 10.0 Å². The van der Waals surface area contributed by atoms with Crippen LogP contribution in [0, 0.1) is 0 Å². The van der Waals surface area contributed by atoms with Crippen LogP contribution in [0.1, 0.15) is 31.0 Å². The molecule has 3 aromatic rings. The Hall–Kier alpha value is -3.92. The Bertz CT molecular complexity index is 1360. The van der Waals surface area contributed by atoms with Gasteiger partial charge in [0.2, 0.25) is 5.91 Å². The van der Waals surface area contributed by atoms with Gasteiger partial charge in [-0.05, 0) is 48.7 Å². The van der Waals surface area contributed by atoms with Crippen LogP contribution in [0.3, 0.4) is 0 Å². The quantitative estimate of drug-likeness (QED) is 0.363. The summed E-state index contributed by atoms with van der Waals surface area (Å²) >= 11 is 0. The van der Waals surface area contributed by atoms with Crippen LogP contribution in [0.5, 0.6) is 23.0 Å². The van der Waals surface area contributed by atoms with Crippen LogP contribution in [0.15, 0.2) is 65.6 Å². The summed E-state index contributed by atoms with van der Waals surface area (Å²) < 4.78 is 50.3. The van der Waals surface area contributed by atoms with E-state index in [1.54, 1.807) is 12.1 Å². The molecular formula is C28H34N2O7S. The molecule has 3 rings (SSSR count). The number of sulfonamides is 1. The van der Waals surface area contributed by atoms with Crippen molar-refractivity contribution in [1.82, 2.24) is 5.32 Å². The van der Waals surface area contributed by atoms with Crippen LogP contribution in [-0.4, -0.2) is 49.3 Å². The van der Waals surface area contributed by atoms with Gasteiger partial charge in [0.15, 0.2) is 11.5 Å². The number of carbonyl (C=O) groups excluding carboxylic acids is 1. The summed E-state index contributed by atoms with van der Waals surface area (Å²) in [7, 11) is 1.50. The summed E-state index contributed by atoms with van der Waals surface area (Å²) in [5, 5.41) is 2.90. The lowest BCUT2D eigenvalue weighted by molar-refractivity contribution is -0.120. The predicted molar refractivity (Wildman–Crippen MR) is 146 cm³/mol. The molecule has 9 nitrogen and oxygen atoms in total. The SMILES string of the molecule is CCc1ccc([C@H](C)NC(=O)CN(c2cc(OC)ccc2OC)S(=O)(=O)c2ccc(OC)c(OC)c2)cc1. The molecule has 3 aromatic carbocycles. The van der Waals surface area contributed by atoms with Gasteiger partial charge in [-0.15, -0.1) is 0 Å². The molecular weight excluding hydrogens is 508 g/mol. The van der Waals surface area contributed by atoms with E-state index < -0.39 is 22.5 Å². The maximum atomic E-state index is 14.0. The van der Waals surface area contributed by atoms with E-state index in [0.29, 0.717) is 11.5 Å². The van der Waals surface area contributed by atoms with Crippen LogP contribution in [0.4, 0.5) is 5.69 Å². The Balaban J connectivity index is 2.02. The lowest BCUT2D eigenvalue weighted by Crippen LogP contribution is -2.41. The highest BCUT2D eigenvalue weighted by Crippen LogP contribution is 2.37. The second-order valence-electron chi connectivity index (χ2n) is 8.45. The maximum absolute atomic E-state index is 14.0. The summed E-state index contributed by atoms with van der Waals surface area (Å²) in [6.45, 7) is 3.41. The third-order valence-corrected chi connectivity index (χ3v) is 7.91. The lowest BCUT2D eigenvalue weighted by Gasteiger charge is -2.27. The van der Waals surface area contributed by atoms with Crippen molar-refractivity contribution in [2.45, 2.75) is 31.2 Å². The molecule has 0 aliphatic heterocycles. The third-order valence-electron chi connectivity index (χ3n) is 6.15. The normalized spacial score (nSPS) is 11.8. The molecule has 0 unspecified atom stereocenters. The van der Waals surface area contributed by atoms with Gasteiger partial charge in [-0.2, -0.15) is 0 Å². The Morgan fingerprint density at radius 3 is 2.05 bits per heavy atom. The minimum atomic E-state index is -4.27. The van der Waals surface area contributed by atoms with Crippen LogP contribution in [0.25, 0.3) is 0 Å². The number of rotatable bonds is 12. The van der Waals surface area contributed by atoms with Crippen molar-refractivity contribution in [3.8, 4) is 23.0 Å². The highest BCUT2D eigenvalue weighted by Gasteiger charge is 2.31. The zero-order valence-corrected chi connectivity index (χ0v) is 23.3. The number of methoxy groups -OCH3 is 4. The first kappa shape index (κ1) is 28.6. The topological polar surface area (TPSA) is 103 Å². The Labute approximate surface area is 224 Å². The van der Waals surface area contributed by atoms with Crippen molar-refractivity contribution in [2.24, 2.45) is 0 Å². The average Bonchev–Trinajstić information content (AvgIpc) is 2.94. The first-order valence-electron chi connectivity index (χ1n) is 12.0. The number of hydrogen-bond acceptors (Lipinski definition) is 7. The zero-order chi connectivity index (χ0) is 27.9. The molecule has 1 N–H and O–H groups in total. The molecule has 38 heavy (non-hydrogen) atoms. The van der Waals surface area contributed by atoms with E-state index in [9.17, 15) is 13.2 Å². The Morgan fingerprint density at radius 1 is 0.842 bits per heavy atom. The number of nitrogens with zero attached hydrogens (tertiary/aromatic N) is 1. The molecule has 0 saturated heterocycles. The number of hydrogen-bond donors (Lipinski definition) is 1. The van der Waals surface area contributed by atoms with Gasteiger partial charge < -0.3 is 24.3 Å². The number of aryl methyl sites for hydroxylation is 1. The van der Waals surface area contributed by atoms with Crippen molar-refractivity contribution in [2.75, 3.05) is 39.3 Å². The standard InChI is InChI=1S/C28H34N2O7S/c1-7-20-8-10-21(11-9-20)19(2)29-28(31)18-30(24-16-22(34-3)12-14-25(24)35-4)38(32,33)23-13-15-26(36-5)27(17-23)37-6/h8-17,19H,7,18H2,1-6H3,(H,29,31)/t19-/m0/s1. The predicted octanol–water partition coefficient (Wildman–Crippen LogP) is 4.36. The van der Waals surface area contributed by atoms with Gasteiger partial charge in [-0.25, -0.2) is 8.42 Å². The third kappa shape index (κ3) is 6.31. The van der Waals surface area contributed by atoms with Crippen LogP contribution in [-0.2, 0) is 21.2 Å². The fraction of sp³-hybridized carbons (Fsp3) is 0.321. The molecule has 1 atom stereocenters. The molecule has 0 radical (unpaired) electrons. The first-order chi connectivity index (χ1) is 18.2. The molecule has 0 heterocycles. The van der Waals surface area contributed by atoms with Gasteiger partial charge in [-0.1, -0.05) is 31.2 Å². The Morgan fingerprint density at radius 2 is 1.47 bits per heavy atom. The molecule has 0 bridgehead atoms. The number of carbonyl (C=O) groups is 1. The minimum Gasteiger partial charge on any atom is -0.497 e. The van der Waals surface area contributed by atoms with Crippen molar-refractivity contribution >= 4 is 21.6 Å². The molecule has 0 aliphatic rings. The number of nitrogens with one attached hydrogen (secondary N) is 1. The Kier molecular flexibility index (Phi) is 9.46. The van der Waals surface area contributed by atoms with Gasteiger partial charge >= 0.3 is 0 Å². The summed E-state index contributed by atoms with van der Waals surface area (Å²) in [6, 6.07) is 16.6. The zero-order valence-electron chi connectivity index (χ0n) is 22.5. The van der Waals surface area contributed by atoms with Gasteiger partial charge in [0.05, 0.1) is 45.1 Å². The second-order valence-corrected chi connectivity index (χ2v) is 10.3. The van der Waals surface area contributed by atoms with Crippen LogP contribution < -0.4 is 28.6 Å². The number of anilines is 1. The monoisotopic (exact) mass is 542 g/mol. The van der Waals surface area contributed by atoms with Gasteiger partial charge in [0, 0.05) is 12.1 Å². The summed E-state index contributed by atoms with van der Waals surface area (Å²) in [5.74, 6) is 0.771. The van der Waals surface area contributed by atoms with Crippen LogP contribution >= 0.6 is 0 Å². The fourth-order valence-corrected chi connectivity index (χ4v) is 5.38. The fourth-order valence-electron chi connectivity index (χ4n) is 3.94. The molecule has 0 aromatic heterocycles. The van der Waals surface area contributed by atoms with Crippen molar-refractivity contribution in [1.29, 1.82) is 0 Å². The molecule has 0 fully saturated rings. The molecule has 204 valence electrons. The second kappa shape index (κ2) is 12.6. The molecule has 10 heteroatoms. The van der Waals surface area contributed by atoms with E-state index >= 15 is 0 Å². The number of benzene rings is 3. The first-order valence-corrected chi connectivity index (χ1v) is 13.5. The smallest absolute Gasteiger partial charge is 0.265 e. The summed E-state index contributed by atoms with van der Waals surface area (Å²) in [6.07, 6.45) is 0.909. The minimum absolute atomic E-state index is 0.0870. The van der Waals surface area contributed by atoms with E-state index in [1.165, 1.54) is 58.3 Å². The van der Waals surface area contributed by atoms with E-state index in [2.05, 4.69) is 12.2 Å². The maximum Gasteiger partial charge on any atom is 0.265 e. The number of ether oxygens (including phenoxy) is 4. The molecule has 1 amide bonds. The summed E-state index contributed by atoms with van der Waals surface area (Å²) in [5.41, 5.74) is 2.24. The largest absolute Gasteiger partial charge is 0.497 e. The summed E-state index contributed by atoms with van der Waals surface area (Å²) in [4.78, 5) is 13.2. The van der Waals surface area contributed by atoms with Crippen molar-refractivity contribution in [3.63, 3.8) is 0 Å². The van der Waals surface area contributed by atoms with Crippen LogP contribution in [0.2, 0.25) is 0 Å². The molecule has 0 spiro atoms. The van der Waals surface area contributed by atoms with E-state index in [-0.39, 0.29) is 28.1 Å². The van der Waals surface area contributed by atoms with E-state index in [0.717, 1.165) is 16.3 Å². The van der Waals surface area contributed by atoms with Gasteiger partial charge in [0.1, 0.15) is 18.0 Å². The van der Waals surface area contributed by atoms with Crippen molar-refractivity contribution < 1.29 is 32.2 Å². The molecule has 0 aliphatic carbocycles. The average molecular weight is 543 g/mol.